The Hall–Kier alpha value is -3.15. The summed E-state index contributed by atoms with van der Waals surface area (Å²) in [7, 11) is 0. The second-order valence-electron chi connectivity index (χ2n) is 7.56. The van der Waals surface area contributed by atoms with Gasteiger partial charge in [0.05, 0.1) is 12.2 Å². The molecule has 6 heteroatoms. The Morgan fingerprint density at radius 3 is 2.45 bits per heavy atom. The third kappa shape index (κ3) is 4.47. The number of rotatable bonds is 5. The summed E-state index contributed by atoms with van der Waals surface area (Å²) < 4.78 is 0. The minimum absolute atomic E-state index is 0.615. The molecular weight excluding hydrogens is 360 g/mol. The van der Waals surface area contributed by atoms with Gasteiger partial charge in [-0.25, -0.2) is 4.98 Å². The third-order valence-corrected chi connectivity index (χ3v) is 5.51. The molecule has 29 heavy (non-hydrogen) atoms. The van der Waals surface area contributed by atoms with Crippen molar-refractivity contribution in [3.8, 4) is 0 Å². The summed E-state index contributed by atoms with van der Waals surface area (Å²) in [6.45, 7) is 10.9. The van der Waals surface area contributed by atoms with Gasteiger partial charge in [-0.3, -0.25) is 4.98 Å². The largest absolute Gasteiger partial charge is 0.368 e. The first-order chi connectivity index (χ1) is 14.1. The van der Waals surface area contributed by atoms with E-state index in [2.05, 4.69) is 63.2 Å². The Balaban J connectivity index is 1.43. The van der Waals surface area contributed by atoms with Crippen LogP contribution in [-0.4, -0.2) is 41.1 Å². The molecule has 0 unspecified atom stereocenters. The maximum atomic E-state index is 4.76. The standard InChI is InChI=1S/C23H28N6/c1-17-7-6-9-21(19(17)3)28-11-13-29(14-12-28)22-15-18(2)26-23(27-22)25-16-20-8-4-5-10-24-20/h4-10,15H,11-14,16H2,1-3H3,(H,25,26,27). The van der Waals surface area contributed by atoms with E-state index in [0.717, 1.165) is 43.4 Å². The van der Waals surface area contributed by atoms with Crippen LogP contribution < -0.4 is 15.1 Å². The van der Waals surface area contributed by atoms with Gasteiger partial charge in [-0.05, 0) is 50.1 Å². The van der Waals surface area contributed by atoms with Crippen molar-refractivity contribution < 1.29 is 0 Å². The zero-order chi connectivity index (χ0) is 20.2. The number of benzene rings is 1. The predicted octanol–water partition coefficient (Wildman–Crippen LogP) is 3.74. The zero-order valence-electron chi connectivity index (χ0n) is 17.4. The van der Waals surface area contributed by atoms with E-state index in [-0.39, 0.29) is 0 Å². The van der Waals surface area contributed by atoms with Gasteiger partial charge in [0.1, 0.15) is 5.82 Å². The molecule has 6 nitrogen and oxygen atoms in total. The average Bonchev–Trinajstić information content (AvgIpc) is 2.75. The molecule has 1 aromatic carbocycles. The predicted molar refractivity (Wildman–Crippen MR) is 119 cm³/mol. The van der Waals surface area contributed by atoms with Crippen molar-refractivity contribution in [2.24, 2.45) is 0 Å². The maximum Gasteiger partial charge on any atom is 0.225 e. The van der Waals surface area contributed by atoms with Crippen molar-refractivity contribution in [1.82, 2.24) is 15.0 Å². The lowest BCUT2D eigenvalue weighted by Crippen LogP contribution is -2.47. The van der Waals surface area contributed by atoms with Gasteiger partial charge < -0.3 is 15.1 Å². The van der Waals surface area contributed by atoms with Gasteiger partial charge in [0, 0.05) is 49.8 Å². The second-order valence-corrected chi connectivity index (χ2v) is 7.56. The lowest BCUT2D eigenvalue weighted by molar-refractivity contribution is 0.645. The van der Waals surface area contributed by atoms with Gasteiger partial charge in [0.25, 0.3) is 0 Å². The normalized spacial score (nSPS) is 14.2. The molecular formula is C23H28N6. The fraction of sp³-hybridized carbons (Fsp3) is 0.348. The minimum Gasteiger partial charge on any atom is -0.368 e. The monoisotopic (exact) mass is 388 g/mol. The number of nitrogens with zero attached hydrogens (tertiary/aromatic N) is 5. The Morgan fingerprint density at radius 2 is 1.69 bits per heavy atom. The fourth-order valence-corrected chi connectivity index (χ4v) is 3.72. The molecule has 0 spiro atoms. The molecule has 1 fully saturated rings. The van der Waals surface area contributed by atoms with E-state index in [1.165, 1.54) is 16.8 Å². The first-order valence-electron chi connectivity index (χ1n) is 10.2. The van der Waals surface area contributed by atoms with Gasteiger partial charge in [0.2, 0.25) is 5.95 Å². The Labute approximate surface area is 172 Å². The summed E-state index contributed by atoms with van der Waals surface area (Å²) >= 11 is 0. The van der Waals surface area contributed by atoms with Gasteiger partial charge in [0.15, 0.2) is 0 Å². The molecule has 1 aliphatic rings. The van der Waals surface area contributed by atoms with Gasteiger partial charge in [-0.15, -0.1) is 0 Å². The van der Waals surface area contributed by atoms with Crippen molar-refractivity contribution in [3.63, 3.8) is 0 Å². The number of hydrogen-bond donors (Lipinski definition) is 1. The zero-order valence-corrected chi connectivity index (χ0v) is 17.4. The van der Waals surface area contributed by atoms with Crippen LogP contribution in [-0.2, 0) is 6.54 Å². The van der Waals surface area contributed by atoms with Crippen LogP contribution in [0.15, 0.2) is 48.7 Å². The van der Waals surface area contributed by atoms with E-state index in [1.807, 2.05) is 25.1 Å². The van der Waals surface area contributed by atoms with Gasteiger partial charge >= 0.3 is 0 Å². The van der Waals surface area contributed by atoms with Crippen molar-refractivity contribution >= 4 is 17.5 Å². The maximum absolute atomic E-state index is 4.76. The van der Waals surface area contributed by atoms with Crippen LogP contribution in [0.3, 0.4) is 0 Å². The van der Waals surface area contributed by atoms with Gasteiger partial charge in [-0.1, -0.05) is 18.2 Å². The number of aromatic nitrogens is 3. The fourth-order valence-electron chi connectivity index (χ4n) is 3.72. The van der Waals surface area contributed by atoms with Crippen molar-refractivity contribution in [1.29, 1.82) is 0 Å². The van der Waals surface area contributed by atoms with Crippen molar-refractivity contribution in [3.05, 3.63) is 71.2 Å². The van der Waals surface area contributed by atoms with E-state index >= 15 is 0 Å². The SMILES string of the molecule is Cc1cc(N2CCN(c3cccc(C)c3C)CC2)nc(NCc2ccccn2)n1. The number of anilines is 3. The Morgan fingerprint density at radius 1 is 0.897 bits per heavy atom. The highest BCUT2D eigenvalue weighted by atomic mass is 15.3. The average molecular weight is 389 g/mol. The molecule has 0 bridgehead atoms. The summed E-state index contributed by atoms with van der Waals surface area (Å²) in [6.07, 6.45) is 1.80. The van der Waals surface area contributed by atoms with Crippen molar-refractivity contribution in [2.75, 3.05) is 41.3 Å². The number of nitrogens with one attached hydrogen (secondary N) is 1. The number of piperazine rings is 1. The van der Waals surface area contributed by atoms with E-state index in [9.17, 15) is 0 Å². The molecule has 0 atom stereocenters. The highest BCUT2D eigenvalue weighted by molar-refractivity contribution is 5.57. The summed E-state index contributed by atoms with van der Waals surface area (Å²) in [6, 6.07) is 14.5. The molecule has 1 aliphatic heterocycles. The molecule has 1 saturated heterocycles. The van der Waals surface area contributed by atoms with E-state index in [4.69, 9.17) is 4.98 Å². The Kier molecular flexibility index (Phi) is 5.60. The first-order valence-corrected chi connectivity index (χ1v) is 10.2. The summed E-state index contributed by atoms with van der Waals surface area (Å²) in [5.74, 6) is 1.64. The van der Waals surface area contributed by atoms with Crippen LogP contribution in [0.25, 0.3) is 0 Å². The quantitative estimate of drug-likeness (QED) is 0.719. The molecule has 150 valence electrons. The summed E-state index contributed by atoms with van der Waals surface area (Å²) in [4.78, 5) is 18.5. The molecule has 3 heterocycles. The Bertz CT molecular complexity index is 964. The smallest absolute Gasteiger partial charge is 0.225 e. The topological polar surface area (TPSA) is 57.2 Å². The van der Waals surface area contributed by atoms with E-state index in [1.54, 1.807) is 6.20 Å². The molecule has 0 radical (unpaired) electrons. The summed E-state index contributed by atoms with van der Waals surface area (Å²) in [5, 5.41) is 3.31. The summed E-state index contributed by atoms with van der Waals surface area (Å²) in [5.41, 5.74) is 6.01. The molecule has 0 amide bonds. The van der Waals surface area contributed by atoms with Crippen LogP contribution in [0.2, 0.25) is 0 Å². The number of pyridine rings is 1. The minimum atomic E-state index is 0.615. The van der Waals surface area contributed by atoms with Crippen LogP contribution in [0.4, 0.5) is 17.5 Å². The van der Waals surface area contributed by atoms with Crippen LogP contribution in [0, 0.1) is 20.8 Å². The highest BCUT2D eigenvalue weighted by Gasteiger charge is 2.20. The molecule has 4 rings (SSSR count). The molecule has 1 N–H and O–H groups in total. The first kappa shape index (κ1) is 19.2. The molecule has 3 aromatic rings. The molecule has 0 saturated carbocycles. The van der Waals surface area contributed by atoms with Gasteiger partial charge in [-0.2, -0.15) is 4.98 Å². The lowest BCUT2D eigenvalue weighted by atomic mass is 10.1. The van der Waals surface area contributed by atoms with Crippen LogP contribution >= 0.6 is 0 Å². The molecule has 0 aliphatic carbocycles. The van der Waals surface area contributed by atoms with E-state index in [0.29, 0.717) is 12.5 Å². The lowest BCUT2D eigenvalue weighted by Gasteiger charge is -2.37. The second kappa shape index (κ2) is 8.47. The van der Waals surface area contributed by atoms with E-state index < -0.39 is 0 Å². The third-order valence-electron chi connectivity index (χ3n) is 5.51. The van der Waals surface area contributed by atoms with Crippen LogP contribution in [0.1, 0.15) is 22.5 Å². The van der Waals surface area contributed by atoms with Crippen LogP contribution in [0.5, 0.6) is 0 Å². The number of hydrogen-bond acceptors (Lipinski definition) is 6. The highest BCUT2D eigenvalue weighted by Crippen LogP contribution is 2.25. The molecule has 2 aromatic heterocycles. The number of aryl methyl sites for hydroxylation is 2. The van der Waals surface area contributed by atoms with Crippen molar-refractivity contribution in [2.45, 2.75) is 27.3 Å².